The van der Waals surface area contributed by atoms with Gasteiger partial charge in [0.2, 0.25) is 0 Å². The third-order valence-electron chi connectivity index (χ3n) is 3.89. The van der Waals surface area contributed by atoms with E-state index < -0.39 is 0 Å². The van der Waals surface area contributed by atoms with Crippen LogP contribution in [-0.4, -0.2) is 37.0 Å². The molecule has 5 heteroatoms. The molecule has 3 N–H and O–H groups in total. The third-order valence-corrected chi connectivity index (χ3v) is 3.89. The molecule has 0 aromatic heterocycles. The van der Waals surface area contributed by atoms with Crippen LogP contribution >= 0.6 is 24.0 Å². The smallest absolute Gasteiger partial charge is 0.193 e. The molecule has 1 fully saturated rings. The van der Waals surface area contributed by atoms with Gasteiger partial charge in [-0.25, -0.2) is 0 Å². The summed E-state index contributed by atoms with van der Waals surface area (Å²) in [6.07, 6.45) is 5.38. The summed E-state index contributed by atoms with van der Waals surface area (Å²) in [6, 6.07) is 6.33. The van der Waals surface area contributed by atoms with Gasteiger partial charge >= 0.3 is 0 Å². The number of halogens is 1. The number of benzene rings is 1. The maximum absolute atomic E-state index is 5.97. The molecule has 0 saturated carbocycles. The lowest BCUT2D eigenvalue weighted by Gasteiger charge is -2.18. The first-order chi connectivity index (χ1) is 10.1. The number of aliphatic imine (C=N–C) groups is 1. The van der Waals surface area contributed by atoms with Gasteiger partial charge in [0, 0.05) is 12.2 Å². The molecule has 1 aliphatic heterocycles. The van der Waals surface area contributed by atoms with E-state index in [1.54, 1.807) is 0 Å². The summed E-state index contributed by atoms with van der Waals surface area (Å²) < 4.78 is 0. The fraction of sp³-hybridized carbons (Fsp3) is 0.588. The van der Waals surface area contributed by atoms with Crippen LogP contribution in [0.5, 0.6) is 0 Å². The molecule has 1 saturated heterocycles. The van der Waals surface area contributed by atoms with Gasteiger partial charge in [-0.05, 0) is 63.0 Å². The molecule has 0 bridgehead atoms. The molecule has 0 radical (unpaired) electrons. The number of aryl methyl sites for hydroxylation is 2. The number of guanidine groups is 1. The Labute approximate surface area is 151 Å². The minimum atomic E-state index is 0. The van der Waals surface area contributed by atoms with E-state index in [1.165, 1.54) is 49.9 Å². The van der Waals surface area contributed by atoms with E-state index in [2.05, 4.69) is 47.3 Å². The summed E-state index contributed by atoms with van der Waals surface area (Å²) in [4.78, 5) is 6.95. The van der Waals surface area contributed by atoms with Crippen molar-refractivity contribution in [1.82, 2.24) is 4.90 Å². The van der Waals surface area contributed by atoms with Gasteiger partial charge in [0.05, 0.1) is 6.54 Å². The lowest BCUT2D eigenvalue weighted by molar-refractivity contribution is 0.293. The highest BCUT2D eigenvalue weighted by atomic mass is 127. The largest absolute Gasteiger partial charge is 0.370 e. The summed E-state index contributed by atoms with van der Waals surface area (Å²) in [5.41, 5.74) is 9.45. The summed E-state index contributed by atoms with van der Waals surface area (Å²) in [5, 5.41) is 3.18. The highest BCUT2D eigenvalue weighted by molar-refractivity contribution is 14.0. The molecule has 124 valence electrons. The van der Waals surface area contributed by atoms with E-state index in [0.717, 1.165) is 18.8 Å². The van der Waals surface area contributed by atoms with Crippen LogP contribution in [0.2, 0.25) is 0 Å². The fourth-order valence-electron chi connectivity index (χ4n) is 2.91. The van der Waals surface area contributed by atoms with Gasteiger partial charge in [-0.2, -0.15) is 0 Å². The van der Waals surface area contributed by atoms with E-state index in [9.17, 15) is 0 Å². The van der Waals surface area contributed by atoms with Crippen molar-refractivity contribution in [2.75, 3.05) is 31.5 Å². The molecule has 1 aromatic rings. The zero-order chi connectivity index (χ0) is 15.1. The van der Waals surface area contributed by atoms with Crippen LogP contribution in [0, 0.1) is 13.8 Å². The molecule has 0 amide bonds. The number of nitrogens with two attached hydrogens (primary N) is 1. The molecule has 2 rings (SSSR count). The standard InChI is InChI=1S/C17H28N4.HI/c1-14-11-15(2)13-16(12-14)20-17(18)19-7-10-21-8-5-3-4-6-9-21;/h11-13H,3-10H2,1-2H3,(H3,18,19,20);1H. The highest BCUT2D eigenvalue weighted by Crippen LogP contribution is 2.13. The average Bonchev–Trinajstić information content (AvgIpc) is 2.66. The van der Waals surface area contributed by atoms with Crippen molar-refractivity contribution < 1.29 is 0 Å². The van der Waals surface area contributed by atoms with Crippen LogP contribution in [0.1, 0.15) is 36.8 Å². The predicted octanol–water partition coefficient (Wildman–Crippen LogP) is 3.52. The first kappa shape index (κ1) is 19.2. The van der Waals surface area contributed by atoms with Crippen LogP contribution in [0.15, 0.2) is 23.2 Å². The van der Waals surface area contributed by atoms with Crippen LogP contribution in [0.3, 0.4) is 0 Å². The lowest BCUT2D eigenvalue weighted by atomic mass is 10.1. The number of hydrogen-bond donors (Lipinski definition) is 2. The number of likely N-dealkylation sites (tertiary alicyclic amines) is 1. The number of rotatable bonds is 4. The molecule has 0 atom stereocenters. The number of hydrogen-bond acceptors (Lipinski definition) is 2. The number of nitrogens with zero attached hydrogens (tertiary/aromatic N) is 2. The quantitative estimate of drug-likeness (QED) is 0.449. The molecular formula is C17H29IN4. The van der Waals surface area contributed by atoms with Crippen LogP contribution < -0.4 is 11.1 Å². The van der Waals surface area contributed by atoms with Gasteiger partial charge in [0.25, 0.3) is 0 Å². The summed E-state index contributed by atoms with van der Waals surface area (Å²) >= 11 is 0. The van der Waals surface area contributed by atoms with Gasteiger partial charge in [0.1, 0.15) is 0 Å². The normalized spacial score (nSPS) is 16.7. The van der Waals surface area contributed by atoms with Crippen molar-refractivity contribution in [3.8, 4) is 0 Å². The van der Waals surface area contributed by atoms with Crippen molar-refractivity contribution in [2.45, 2.75) is 39.5 Å². The summed E-state index contributed by atoms with van der Waals surface area (Å²) in [6.45, 7) is 8.37. The Balaban J connectivity index is 0.00000242. The zero-order valence-electron chi connectivity index (χ0n) is 13.8. The second-order valence-corrected chi connectivity index (χ2v) is 6.02. The fourth-order valence-corrected chi connectivity index (χ4v) is 2.91. The van der Waals surface area contributed by atoms with Crippen LogP contribution in [0.25, 0.3) is 0 Å². The Morgan fingerprint density at radius 3 is 2.27 bits per heavy atom. The maximum Gasteiger partial charge on any atom is 0.193 e. The molecule has 22 heavy (non-hydrogen) atoms. The third kappa shape index (κ3) is 6.96. The minimum Gasteiger partial charge on any atom is -0.370 e. The van der Waals surface area contributed by atoms with Crippen molar-refractivity contribution in [3.63, 3.8) is 0 Å². The zero-order valence-corrected chi connectivity index (χ0v) is 16.1. The van der Waals surface area contributed by atoms with Crippen molar-refractivity contribution in [3.05, 3.63) is 29.3 Å². The van der Waals surface area contributed by atoms with Crippen LogP contribution in [-0.2, 0) is 0 Å². The first-order valence-electron chi connectivity index (χ1n) is 8.01. The van der Waals surface area contributed by atoms with Gasteiger partial charge in [0.15, 0.2) is 5.96 Å². The van der Waals surface area contributed by atoms with Gasteiger partial charge in [-0.15, -0.1) is 24.0 Å². The SMILES string of the molecule is Cc1cc(C)cc(NC(N)=NCCN2CCCCCC2)c1.I. The first-order valence-corrected chi connectivity index (χ1v) is 8.01. The average molecular weight is 416 g/mol. The summed E-state index contributed by atoms with van der Waals surface area (Å²) in [5.74, 6) is 0.509. The molecule has 0 unspecified atom stereocenters. The number of nitrogens with one attached hydrogen (secondary N) is 1. The highest BCUT2D eigenvalue weighted by Gasteiger charge is 2.07. The van der Waals surface area contributed by atoms with Gasteiger partial charge < -0.3 is 16.0 Å². The minimum absolute atomic E-state index is 0. The van der Waals surface area contributed by atoms with Crippen molar-refractivity contribution in [1.29, 1.82) is 0 Å². The lowest BCUT2D eigenvalue weighted by Crippen LogP contribution is -2.29. The Morgan fingerprint density at radius 2 is 1.68 bits per heavy atom. The second-order valence-electron chi connectivity index (χ2n) is 6.02. The van der Waals surface area contributed by atoms with E-state index in [1.807, 2.05) is 0 Å². The van der Waals surface area contributed by atoms with E-state index in [0.29, 0.717) is 5.96 Å². The van der Waals surface area contributed by atoms with E-state index in [4.69, 9.17) is 5.73 Å². The van der Waals surface area contributed by atoms with E-state index in [-0.39, 0.29) is 24.0 Å². The predicted molar refractivity (Wildman–Crippen MR) is 106 cm³/mol. The second kappa shape index (κ2) is 10.0. The molecule has 4 nitrogen and oxygen atoms in total. The van der Waals surface area contributed by atoms with Crippen LogP contribution in [0.4, 0.5) is 5.69 Å². The van der Waals surface area contributed by atoms with Crippen molar-refractivity contribution in [2.24, 2.45) is 10.7 Å². The van der Waals surface area contributed by atoms with E-state index >= 15 is 0 Å². The Kier molecular flexibility index (Phi) is 8.78. The molecule has 1 aliphatic rings. The Hall–Kier alpha value is -0.820. The maximum atomic E-state index is 5.97. The number of anilines is 1. The molecular weight excluding hydrogens is 387 g/mol. The molecule has 1 aromatic carbocycles. The molecule has 1 heterocycles. The summed E-state index contributed by atoms with van der Waals surface area (Å²) in [7, 11) is 0. The molecule has 0 aliphatic carbocycles. The van der Waals surface area contributed by atoms with Gasteiger partial charge in [-0.1, -0.05) is 18.9 Å². The van der Waals surface area contributed by atoms with Crippen molar-refractivity contribution >= 4 is 35.6 Å². The molecule has 0 spiro atoms. The monoisotopic (exact) mass is 416 g/mol. The topological polar surface area (TPSA) is 53.6 Å². The Bertz CT molecular complexity index is 459. The Morgan fingerprint density at radius 1 is 1.09 bits per heavy atom. The van der Waals surface area contributed by atoms with Gasteiger partial charge in [-0.3, -0.25) is 4.99 Å².